The SMILES string of the molecule is CC(C)[C@]1(c2ccccc2)C[C@@H]1C(=O)N1C(=O)OC[C@H]1c1ccccc1. The van der Waals surface area contributed by atoms with Gasteiger partial charge in [-0.15, -0.1) is 0 Å². The number of amides is 2. The molecule has 1 saturated heterocycles. The molecule has 1 aliphatic heterocycles. The van der Waals surface area contributed by atoms with Crippen molar-refractivity contribution in [1.29, 1.82) is 0 Å². The van der Waals surface area contributed by atoms with E-state index >= 15 is 0 Å². The number of rotatable bonds is 4. The lowest BCUT2D eigenvalue weighted by Crippen LogP contribution is -2.37. The minimum absolute atomic E-state index is 0.112. The summed E-state index contributed by atoms with van der Waals surface area (Å²) in [6.45, 7) is 4.52. The van der Waals surface area contributed by atoms with Crippen molar-refractivity contribution in [2.24, 2.45) is 11.8 Å². The van der Waals surface area contributed by atoms with Gasteiger partial charge in [-0.2, -0.15) is 0 Å². The Morgan fingerprint density at radius 2 is 1.69 bits per heavy atom. The molecule has 0 bridgehead atoms. The summed E-state index contributed by atoms with van der Waals surface area (Å²) in [7, 11) is 0. The van der Waals surface area contributed by atoms with Gasteiger partial charge in [0.05, 0.1) is 0 Å². The maximum absolute atomic E-state index is 13.3. The molecule has 3 atom stereocenters. The van der Waals surface area contributed by atoms with Gasteiger partial charge in [0.25, 0.3) is 0 Å². The summed E-state index contributed by atoms with van der Waals surface area (Å²) in [4.78, 5) is 27.0. The van der Waals surface area contributed by atoms with Crippen LogP contribution in [0.15, 0.2) is 60.7 Å². The van der Waals surface area contributed by atoms with Gasteiger partial charge >= 0.3 is 6.09 Å². The molecule has 4 nitrogen and oxygen atoms in total. The lowest BCUT2D eigenvalue weighted by Gasteiger charge is -2.25. The molecule has 2 aromatic rings. The molecule has 2 aliphatic rings. The van der Waals surface area contributed by atoms with Crippen molar-refractivity contribution in [3.63, 3.8) is 0 Å². The molecule has 0 radical (unpaired) electrons. The van der Waals surface area contributed by atoms with E-state index in [1.165, 1.54) is 10.5 Å². The Balaban J connectivity index is 1.64. The predicted molar refractivity (Wildman–Crippen MR) is 98.4 cm³/mol. The van der Waals surface area contributed by atoms with E-state index in [2.05, 4.69) is 26.0 Å². The van der Waals surface area contributed by atoms with E-state index in [4.69, 9.17) is 4.74 Å². The molecule has 1 aliphatic carbocycles. The van der Waals surface area contributed by atoms with Gasteiger partial charge in [0.1, 0.15) is 12.6 Å². The maximum atomic E-state index is 13.3. The molecule has 0 aromatic heterocycles. The van der Waals surface area contributed by atoms with Crippen molar-refractivity contribution in [2.45, 2.75) is 31.7 Å². The number of imide groups is 1. The summed E-state index contributed by atoms with van der Waals surface area (Å²) in [5.41, 5.74) is 1.92. The van der Waals surface area contributed by atoms with Crippen LogP contribution in [0.25, 0.3) is 0 Å². The van der Waals surface area contributed by atoms with Crippen LogP contribution >= 0.6 is 0 Å². The zero-order chi connectivity index (χ0) is 18.3. The quantitative estimate of drug-likeness (QED) is 0.826. The van der Waals surface area contributed by atoms with E-state index in [9.17, 15) is 9.59 Å². The summed E-state index contributed by atoms with van der Waals surface area (Å²) in [6, 6.07) is 19.5. The highest BCUT2D eigenvalue weighted by Crippen LogP contribution is 2.60. The Morgan fingerprint density at radius 3 is 2.31 bits per heavy atom. The summed E-state index contributed by atoms with van der Waals surface area (Å²) < 4.78 is 5.23. The molecule has 2 aromatic carbocycles. The normalized spacial score (nSPS) is 27.5. The molecule has 0 unspecified atom stereocenters. The van der Waals surface area contributed by atoms with Crippen LogP contribution in [0.4, 0.5) is 4.79 Å². The minimum Gasteiger partial charge on any atom is -0.446 e. The summed E-state index contributed by atoms with van der Waals surface area (Å²) in [6.07, 6.45) is 0.250. The van der Waals surface area contributed by atoms with Crippen LogP contribution in [0.2, 0.25) is 0 Å². The second kappa shape index (κ2) is 6.27. The van der Waals surface area contributed by atoms with E-state index < -0.39 is 6.09 Å². The monoisotopic (exact) mass is 349 g/mol. The first-order chi connectivity index (χ1) is 12.6. The fourth-order valence-electron chi connectivity index (χ4n) is 4.38. The van der Waals surface area contributed by atoms with E-state index in [0.717, 1.165) is 12.0 Å². The maximum Gasteiger partial charge on any atom is 0.417 e. The molecular weight excluding hydrogens is 326 g/mol. The molecule has 4 heteroatoms. The highest BCUT2D eigenvalue weighted by Gasteiger charge is 2.63. The fourth-order valence-corrected chi connectivity index (χ4v) is 4.38. The van der Waals surface area contributed by atoms with Gasteiger partial charge in [-0.1, -0.05) is 74.5 Å². The van der Waals surface area contributed by atoms with Gasteiger partial charge < -0.3 is 4.74 Å². The van der Waals surface area contributed by atoms with E-state index in [1.807, 2.05) is 48.5 Å². The summed E-state index contributed by atoms with van der Waals surface area (Å²) >= 11 is 0. The van der Waals surface area contributed by atoms with Crippen LogP contribution in [0.3, 0.4) is 0 Å². The average Bonchev–Trinajstić information content (AvgIpc) is 3.33. The van der Waals surface area contributed by atoms with Gasteiger partial charge in [0, 0.05) is 11.3 Å². The number of cyclic esters (lactones) is 1. The lowest BCUT2D eigenvalue weighted by molar-refractivity contribution is -0.131. The first kappa shape index (κ1) is 16.8. The van der Waals surface area contributed by atoms with Crippen molar-refractivity contribution in [3.05, 3.63) is 71.8 Å². The third-order valence-electron chi connectivity index (χ3n) is 5.94. The molecule has 1 saturated carbocycles. The van der Waals surface area contributed by atoms with E-state index in [-0.39, 0.29) is 29.9 Å². The third kappa shape index (κ3) is 2.52. The van der Waals surface area contributed by atoms with Gasteiger partial charge in [-0.3, -0.25) is 4.79 Å². The smallest absolute Gasteiger partial charge is 0.417 e. The Morgan fingerprint density at radius 1 is 1.08 bits per heavy atom. The van der Waals surface area contributed by atoms with E-state index in [0.29, 0.717) is 5.92 Å². The van der Waals surface area contributed by atoms with Crippen LogP contribution in [0.5, 0.6) is 0 Å². The zero-order valence-corrected chi connectivity index (χ0v) is 15.1. The van der Waals surface area contributed by atoms with Gasteiger partial charge in [-0.05, 0) is 23.5 Å². The number of hydrogen-bond donors (Lipinski definition) is 0. The topological polar surface area (TPSA) is 46.6 Å². The number of carbonyl (C=O) groups is 2. The molecule has 0 spiro atoms. The van der Waals surface area contributed by atoms with Crippen LogP contribution in [-0.2, 0) is 14.9 Å². The third-order valence-corrected chi connectivity index (χ3v) is 5.94. The largest absolute Gasteiger partial charge is 0.446 e. The van der Waals surface area contributed by atoms with Crippen molar-refractivity contribution in [2.75, 3.05) is 6.61 Å². The second-order valence-corrected chi connectivity index (χ2v) is 7.53. The number of hydrogen-bond acceptors (Lipinski definition) is 3. The van der Waals surface area contributed by atoms with Crippen LogP contribution < -0.4 is 0 Å². The predicted octanol–water partition coefficient (Wildman–Crippen LogP) is 4.32. The lowest BCUT2D eigenvalue weighted by atomic mass is 9.82. The van der Waals surface area contributed by atoms with Crippen molar-refractivity contribution in [3.8, 4) is 0 Å². The van der Waals surface area contributed by atoms with Gasteiger partial charge in [0.15, 0.2) is 0 Å². The number of carbonyl (C=O) groups excluding carboxylic acids is 2. The van der Waals surface area contributed by atoms with Gasteiger partial charge in [0.2, 0.25) is 5.91 Å². The van der Waals surface area contributed by atoms with Gasteiger partial charge in [-0.25, -0.2) is 9.69 Å². The Kier molecular flexibility index (Phi) is 4.06. The van der Waals surface area contributed by atoms with Crippen LogP contribution in [-0.4, -0.2) is 23.5 Å². The van der Waals surface area contributed by atoms with Crippen molar-refractivity contribution >= 4 is 12.0 Å². The van der Waals surface area contributed by atoms with E-state index in [1.54, 1.807) is 0 Å². The zero-order valence-electron chi connectivity index (χ0n) is 15.1. The Bertz CT molecular complexity index is 818. The molecule has 134 valence electrons. The van der Waals surface area contributed by atoms with Crippen LogP contribution in [0.1, 0.15) is 37.4 Å². The average molecular weight is 349 g/mol. The molecule has 26 heavy (non-hydrogen) atoms. The Hall–Kier alpha value is -2.62. The first-order valence-electron chi connectivity index (χ1n) is 9.16. The van der Waals surface area contributed by atoms with Crippen LogP contribution in [0, 0.1) is 11.8 Å². The number of benzene rings is 2. The standard InChI is InChI=1S/C22H23NO3/c1-15(2)22(17-11-7-4-8-12-17)13-18(22)20(24)23-19(14-26-21(23)25)16-9-5-3-6-10-16/h3-12,15,18-19H,13-14H2,1-2H3/t18-,19+,22+/m1/s1. The molecule has 0 N–H and O–H groups in total. The highest BCUT2D eigenvalue weighted by atomic mass is 16.6. The number of ether oxygens (including phenoxy) is 1. The first-order valence-corrected chi connectivity index (χ1v) is 9.16. The fraction of sp³-hybridized carbons (Fsp3) is 0.364. The highest BCUT2D eigenvalue weighted by molar-refractivity contribution is 5.97. The number of nitrogens with zero attached hydrogens (tertiary/aromatic N) is 1. The van der Waals surface area contributed by atoms with Crippen molar-refractivity contribution in [1.82, 2.24) is 4.90 Å². The molecule has 2 amide bonds. The molecule has 2 fully saturated rings. The second-order valence-electron chi connectivity index (χ2n) is 7.53. The minimum atomic E-state index is -0.526. The molecule has 4 rings (SSSR count). The molecule has 1 heterocycles. The summed E-state index contributed by atoms with van der Waals surface area (Å²) in [5, 5.41) is 0. The van der Waals surface area contributed by atoms with Crippen molar-refractivity contribution < 1.29 is 14.3 Å². The Labute approximate surface area is 153 Å². The summed E-state index contributed by atoms with van der Waals surface area (Å²) in [5.74, 6) is 0.0216. The molecular formula is C22H23NO3.